The average molecular weight is 251 g/mol. The highest BCUT2D eigenvalue weighted by atomic mass is 16.3. The predicted octanol–water partition coefficient (Wildman–Crippen LogP) is 1.91. The molecule has 0 aliphatic heterocycles. The van der Waals surface area contributed by atoms with Gasteiger partial charge >= 0.3 is 0 Å². The van der Waals surface area contributed by atoms with Crippen LogP contribution in [-0.4, -0.2) is 28.0 Å². The lowest BCUT2D eigenvalue weighted by Crippen LogP contribution is -2.35. The van der Waals surface area contributed by atoms with Crippen molar-refractivity contribution >= 4 is 0 Å². The Morgan fingerprint density at radius 1 is 1.22 bits per heavy atom. The minimum absolute atomic E-state index is 0.0418. The van der Waals surface area contributed by atoms with Crippen LogP contribution in [0.4, 0.5) is 0 Å². The van der Waals surface area contributed by atoms with Gasteiger partial charge in [0.2, 0.25) is 0 Å². The fourth-order valence-electron chi connectivity index (χ4n) is 2.76. The Bertz CT molecular complexity index is 388. The summed E-state index contributed by atoms with van der Waals surface area (Å²) in [4.78, 5) is 0. The van der Waals surface area contributed by atoms with Crippen LogP contribution < -0.4 is 5.32 Å². The Labute approximate surface area is 107 Å². The molecule has 1 aromatic carbocycles. The van der Waals surface area contributed by atoms with Crippen LogP contribution in [-0.2, 0) is 0 Å². The van der Waals surface area contributed by atoms with E-state index in [1.165, 1.54) is 6.07 Å². The number of phenols is 2. The van der Waals surface area contributed by atoms with E-state index in [1.807, 2.05) is 6.92 Å². The third-order valence-corrected chi connectivity index (χ3v) is 3.78. The van der Waals surface area contributed by atoms with Crippen molar-refractivity contribution in [3.05, 3.63) is 23.8 Å². The first kappa shape index (κ1) is 13.2. The lowest BCUT2D eigenvalue weighted by Gasteiger charge is -2.24. The minimum atomic E-state index is 0.0418. The summed E-state index contributed by atoms with van der Waals surface area (Å²) in [6.45, 7) is 2.22. The quantitative estimate of drug-likeness (QED) is 0.659. The van der Waals surface area contributed by atoms with Gasteiger partial charge in [-0.3, -0.25) is 0 Å². The van der Waals surface area contributed by atoms with Crippen molar-refractivity contribution in [2.45, 2.75) is 38.3 Å². The molecule has 1 fully saturated rings. The SMILES string of the molecule is CC(NC1CCCC1CO)c1cc(O)cc(O)c1. The summed E-state index contributed by atoms with van der Waals surface area (Å²) in [5.41, 5.74) is 0.857. The molecule has 4 N–H and O–H groups in total. The van der Waals surface area contributed by atoms with Gasteiger partial charge in [0.05, 0.1) is 0 Å². The van der Waals surface area contributed by atoms with Gasteiger partial charge in [-0.15, -0.1) is 0 Å². The van der Waals surface area contributed by atoms with E-state index in [4.69, 9.17) is 0 Å². The average Bonchev–Trinajstić information content (AvgIpc) is 2.75. The van der Waals surface area contributed by atoms with Crippen LogP contribution >= 0.6 is 0 Å². The molecule has 18 heavy (non-hydrogen) atoms. The first-order chi connectivity index (χ1) is 8.60. The van der Waals surface area contributed by atoms with E-state index in [0.29, 0.717) is 12.0 Å². The van der Waals surface area contributed by atoms with Crippen LogP contribution in [0.3, 0.4) is 0 Å². The highest BCUT2D eigenvalue weighted by Crippen LogP contribution is 2.29. The molecule has 0 spiro atoms. The molecule has 1 aromatic rings. The van der Waals surface area contributed by atoms with E-state index >= 15 is 0 Å². The lowest BCUT2D eigenvalue weighted by molar-refractivity contribution is 0.200. The fraction of sp³-hybridized carbons (Fsp3) is 0.571. The normalized spacial score (nSPS) is 25.2. The van der Waals surface area contributed by atoms with Crippen LogP contribution in [0, 0.1) is 5.92 Å². The standard InChI is InChI=1S/C14H21NO3/c1-9(11-5-12(17)7-13(18)6-11)15-14-4-2-3-10(14)8-16/h5-7,9-10,14-18H,2-4,8H2,1H3. The lowest BCUT2D eigenvalue weighted by atomic mass is 10.0. The van der Waals surface area contributed by atoms with Crippen molar-refractivity contribution in [2.24, 2.45) is 5.92 Å². The molecule has 3 atom stereocenters. The second kappa shape index (κ2) is 5.59. The fourth-order valence-corrected chi connectivity index (χ4v) is 2.76. The molecule has 0 saturated heterocycles. The Kier molecular flexibility index (Phi) is 4.09. The van der Waals surface area contributed by atoms with Gasteiger partial charge in [-0.2, -0.15) is 0 Å². The van der Waals surface area contributed by atoms with Crippen molar-refractivity contribution in [3.8, 4) is 11.5 Å². The monoisotopic (exact) mass is 251 g/mol. The number of aliphatic hydroxyl groups is 1. The highest BCUT2D eigenvalue weighted by molar-refractivity contribution is 5.38. The minimum Gasteiger partial charge on any atom is -0.508 e. The van der Waals surface area contributed by atoms with E-state index < -0.39 is 0 Å². The number of nitrogens with one attached hydrogen (secondary N) is 1. The van der Waals surface area contributed by atoms with Crippen molar-refractivity contribution in [2.75, 3.05) is 6.61 Å². The van der Waals surface area contributed by atoms with E-state index in [2.05, 4.69) is 5.32 Å². The second-order valence-electron chi connectivity index (χ2n) is 5.15. The Hall–Kier alpha value is -1.26. The number of hydrogen-bond acceptors (Lipinski definition) is 4. The molecular weight excluding hydrogens is 230 g/mol. The summed E-state index contributed by atoms with van der Waals surface area (Å²) >= 11 is 0. The first-order valence-electron chi connectivity index (χ1n) is 6.50. The Morgan fingerprint density at radius 3 is 2.50 bits per heavy atom. The molecule has 100 valence electrons. The molecule has 0 bridgehead atoms. The molecule has 4 nitrogen and oxygen atoms in total. The maximum absolute atomic E-state index is 9.47. The smallest absolute Gasteiger partial charge is 0.119 e. The van der Waals surface area contributed by atoms with E-state index in [1.54, 1.807) is 12.1 Å². The summed E-state index contributed by atoms with van der Waals surface area (Å²) in [5.74, 6) is 0.464. The second-order valence-corrected chi connectivity index (χ2v) is 5.15. The van der Waals surface area contributed by atoms with Gasteiger partial charge in [0.15, 0.2) is 0 Å². The molecule has 1 saturated carbocycles. The van der Waals surface area contributed by atoms with Crippen LogP contribution in [0.25, 0.3) is 0 Å². The van der Waals surface area contributed by atoms with Gasteiger partial charge in [0.1, 0.15) is 11.5 Å². The Balaban J connectivity index is 2.04. The van der Waals surface area contributed by atoms with Crippen LogP contribution in [0.1, 0.15) is 37.8 Å². The highest BCUT2D eigenvalue weighted by Gasteiger charge is 2.27. The van der Waals surface area contributed by atoms with Gasteiger partial charge in [-0.05, 0) is 43.4 Å². The van der Waals surface area contributed by atoms with Crippen LogP contribution in [0.5, 0.6) is 11.5 Å². The number of hydrogen-bond donors (Lipinski definition) is 4. The van der Waals surface area contributed by atoms with Gasteiger partial charge in [0.25, 0.3) is 0 Å². The van der Waals surface area contributed by atoms with Gasteiger partial charge < -0.3 is 20.6 Å². The number of aromatic hydroxyl groups is 2. The molecule has 0 heterocycles. The van der Waals surface area contributed by atoms with Crippen LogP contribution in [0.15, 0.2) is 18.2 Å². The molecule has 1 aliphatic carbocycles. The summed E-state index contributed by atoms with van der Waals surface area (Å²) in [7, 11) is 0. The third kappa shape index (κ3) is 2.94. The summed E-state index contributed by atoms with van der Waals surface area (Å²) in [5, 5.41) is 31.7. The zero-order chi connectivity index (χ0) is 13.1. The van der Waals surface area contributed by atoms with Crippen molar-refractivity contribution in [1.82, 2.24) is 5.32 Å². The van der Waals surface area contributed by atoms with Gasteiger partial charge in [0, 0.05) is 24.8 Å². The summed E-state index contributed by atoms with van der Waals surface area (Å²) in [6, 6.07) is 4.98. The van der Waals surface area contributed by atoms with Crippen molar-refractivity contribution in [1.29, 1.82) is 0 Å². The third-order valence-electron chi connectivity index (χ3n) is 3.78. The van der Waals surface area contributed by atoms with E-state index in [-0.39, 0.29) is 24.1 Å². The maximum Gasteiger partial charge on any atom is 0.119 e. The van der Waals surface area contributed by atoms with Crippen molar-refractivity contribution < 1.29 is 15.3 Å². The van der Waals surface area contributed by atoms with Crippen LogP contribution in [0.2, 0.25) is 0 Å². The number of aliphatic hydroxyl groups excluding tert-OH is 1. The predicted molar refractivity (Wildman–Crippen MR) is 69.5 cm³/mol. The molecule has 0 amide bonds. The molecule has 0 radical (unpaired) electrons. The largest absolute Gasteiger partial charge is 0.508 e. The number of benzene rings is 1. The maximum atomic E-state index is 9.47. The Morgan fingerprint density at radius 2 is 1.89 bits per heavy atom. The molecule has 2 rings (SSSR count). The number of phenolic OH excluding ortho intramolecular Hbond substituents is 2. The van der Waals surface area contributed by atoms with Gasteiger partial charge in [-0.1, -0.05) is 6.42 Å². The zero-order valence-electron chi connectivity index (χ0n) is 10.6. The van der Waals surface area contributed by atoms with E-state index in [0.717, 1.165) is 24.8 Å². The summed E-state index contributed by atoms with van der Waals surface area (Å²) in [6.07, 6.45) is 3.27. The molecule has 3 unspecified atom stereocenters. The zero-order valence-corrected chi connectivity index (χ0v) is 10.6. The van der Waals surface area contributed by atoms with Crippen molar-refractivity contribution in [3.63, 3.8) is 0 Å². The molecule has 4 heteroatoms. The molecular formula is C14H21NO3. The number of rotatable bonds is 4. The molecule has 1 aliphatic rings. The summed E-state index contributed by atoms with van der Waals surface area (Å²) < 4.78 is 0. The van der Waals surface area contributed by atoms with E-state index in [9.17, 15) is 15.3 Å². The first-order valence-corrected chi connectivity index (χ1v) is 6.50. The molecule has 0 aromatic heterocycles. The topological polar surface area (TPSA) is 72.7 Å². The van der Waals surface area contributed by atoms with Gasteiger partial charge in [-0.25, -0.2) is 0 Å².